The minimum atomic E-state index is 0.00577. The molecule has 2 unspecified atom stereocenters. The van der Waals surface area contributed by atoms with Gasteiger partial charge in [-0.05, 0) is 58.4 Å². The zero-order valence-electron chi connectivity index (χ0n) is 19.1. The third-order valence-corrected chi connectivity index (χ3v) is 6.80. The first-order valence-corrected chi connectivity index (χ1v) is 11.5. The van der Waals surface area contributed by atoms with Crippen molar-refractivity contribution in [3.8, 4) is 5.75 Å². The highest BCUT2D eigenvalue weighted by Gasteiger charge is 2.40. The highest BCUT2D eigenvalue weighted by molar-refractivity contribution is 5.88. The van der Waals surface area contributed by atoms with Crippen molar-refractivity contribution in [3.05, 3.63) is 47.9 Å². The van der Waals surface area contributed by atoms with Crippen LogP contribution in [-0.2, 0) is 0 Å². The van der Waals surface area contributed by atoms with Gasteiger partial charge in [-0.1, -0.05) is 13.0 Å². The van der Waals surface area contributed by atoms with Crippen LogP contribution in [0.5, 0.6) is 5.75 Å². The lowest BCUT2D eigenvalue weighted by Crippen LogP contribution is -2.50. The zero-order chi connectivity index (χ0) is 21.6. The van der Waals surface area contributed by atoms with E-state index in [1.165, 1.54) is 0 Å². The molecule has 6 nitrogen and oxygen atoms in total. The quantitative estimate of drug-likeness (QED) is 0.785. The van der Waals surface area contributed by atoms with Gasteiger partial charge in [-0.25, -0.2) is 9.97 Å². The number of likely N-dealkylation sites (N-methyl/N-ethyl adjacent to an activating group) is 1. The van der Waals surface area contributed by atoms with Crippen LogP contribution in [0.4, 0.5) is 11.5 Å². The standard InChI is InChI=1S/C25H33N5O/c1-5-18-12-20(21-13-19(6-7-22(21)28-18)31-25(3)8-9-25)23-14-24(27-16-26-23)30-11-10-29(4)15-17(30)2/h6-7,12-14,16-18,28H,5,8-11,15H2,1-4H3. The summed E-state index contributed by atoms with van der Waals surface area (Å²) in [5.41, 5.74) is 4.45. The Morgan fingerprint density at radius 2 is 2.03 bits per heavy atom. The summed E-state index contributed by atoms with van der Waals surface area (Å²) in [5.74, 6) is 1.95. The van der Waals surface area contributed by atoms with Crippen LogP contribution in [0.3, 0.4) is 0 Å². The van der Waals surface area contributed by atoms with Gasteiger partial charge in [-0.3, -0.25) is 0 Å². The maximum absolute atomic E-state index is 6.26. The second-order valence-corrected chi connectivity index (χ2v) is 9.56. The van der Waals surface area contributed by atoms with Crippen molar-refractivity contribution in [3.63, 3.8) is 0 Å². The summed E-state index contributed by atoms with van der Waals surface area (Å²) >= 11 is 0. The first-order valence-electron chi connectivity index (χ1n) is 11.5. The maximum Gasteiger partial charge on any atom is 0.132 e. The van der Waals surface area contributed by atoms with E-state index in [1.54, 1.807) is 6.33 Å². The first-order chi connectivity index (χ1) is 14.9. The fourth-order valence-corrected chi connectivity index (χ4v) is 4.61. The number of piperazine rings is 1. The van der Waals surface area contributed by atoms with Gasteiger partial charge in [0.25, 0.3) is 0 Å². The Labute approximate surface area is 185 Å². The van der Waals surface area contributed by atoms with Crippen LogP contribution in [0.1, 0.15) is 51.3 Å². The van der Waals surface area contributed by atoms with E-state index in [2.05, 4.69) is 78.3 Å². The van der Waals surface area contributed by atoms with Crippen LogP contribution in [-0.4, -0.2) is 59.2 Å². The highest BCUT2D eigenvalue weighted by Crippen LogP contribution is 2.42. The molecule has 1 aliphatic carbocycles. The van der Waals surface area contributed by atoms with E-state index in [1.807, 2.05) is 0 Å². The van der Waals surface area contributed by atoms with Crippen molar-refractivity contribution in [1.29, 1.82) is 0 Å². The number of rotatable bonds is 5. The minimum Gasteiger partial charge on any atom is -0.488 e. The lowest BCUT2D eigenvalue weighted by molar-refractivity contribution is 0.200. The van der Waals surface area contributed by atoms with Crippen molar-refractivity contribution in [1.82, 2.24) is 14.9 Å². The topological polar surface area (TPSA) is 53.5 Å². The molecule has 3 heterocycles. The summed E-state index contributed by atoms with van der Waals surface area (Å²) < 4.78 is 6.26. The van der Waals surface area contributed by atoms with Crippen molar-refractivity contribution in [2.45, 2.75) is 57.7 Å². The Kier molecular flexibility index (Phi) is 5.13. The largest absolute Gasteiger partial charge is 0.488 e. The fraction of sp³-hybridized carbons (Fsp3) is 0.520. The van der Waals surface area contributed by atoms with E-state index >= 15 is 0 Å². The van der Waals surface area contributed by atoms with Crippen LogP contribution in [0.25, 0.3) is 5.57 Å². The van der Waals surface area contributed by atoms with Gasteiger partial charge in [0.05, 0.1) is 5.69 Å². The highest BCUT2D eigenvalue weighted by atomic mass is 16.5. The van der Waals surface area contributed by atoms with E-state index in [0.717, 1.165) is 73.0 Å². The number of hydrogen-bond donors (Lipinski definition) is 1. The van der Waals surface area contributed by atoms with Gasteiger partial charge in [0.1, 0.15) is 23.5 Å². The van der Waals surface area contributed by atoms with Crippen LogP contribution in [0.2, 0.25) is 0 Å². The molecular weight excluding hydrogens is 386 g/mol. The van der Waals surface area contributed by atoms with Crippen molar-refractivity contribution in [2.24, 2.45) is 0 Å². The Morgan fingerprint density at radius 1 is 1.19 bits per heavy atom. The number of benzene rings is 1. The molecule has 0 spiro atoms. The van der Waals surface area contributed by atoms with Crippen molar-refractivity contribution in [2.75, 3.05) is 36.9 Å². The third kappa shape index (κ3) is 4.13. The summed E-state index contributed by atoms with van der Waals surface area (Å²) in [7, 11) is 2.18. The summed E-state index contributed by atoms with van der Waals surface area (Å²) in [6, 6.07) is 9.28. The predicted octanol–water partition coefficient (Wildman–Crippen LogP) is 4.18. The van der Waals surface area contributed by atoms with Crippen LogP contribution in [0.15, 0.2) is 36.7 Å². The summed E-state index contributed by atoms with van der Waals surface area (Å²) in [6.45, 7) is 9.75. The molecule has 0 bridgehead atoms. The second kappa shape index (κ2) is 7.83. The number of fused-ring (bicyclic) bond motifs is 1. The maximum atomic E-state index is 6.26. The number of nitrogens with one attached hydrogen (secondary N) is 1. The van der Waals surface area contributed by atoms with Gasteiger partial charge in [-0.15, -0.1) is 0 Å². The lowest BCUT2D eigenvalue weighted by Gasteiger charge is -2.39. The predicted molar refractivity (Wildman–Crippen MR) is 126 cm³/mol. The van der Waals surface area contributed by atoms with E-state index in [4.69, 9.17) is 9.72 Å². The van der Waals surface area contributed by atoms with Crippen molar-refractivity contribution < 1.29 is 4.74 Å². The first kappa shape index (κ1) is 20.3. The Balaban J connectivity index is 1.50. The number of aromatic nitrogens is 2. The number of anilines is 2. The van der Waals surface area contributed by atoms with E-state index < -0.39 is 0 Å². The molecule has 1 N–H and O–H groups in total. The molecule has 2 fully saturated rings. The molecule has 1 saturated carbocycles. The molecule has 2 atom stereocenters. The van der Waals surface area contributed by atoms with Crippen molar-refractivity contribution >= 4 is 17.1 Å². The molecule has 2 aromatic rings. The Hall–Kier alpha value is -2.60. The lowest BCUT2D eigenvalue weighted by atomic mass is 9.93. The summed E-state index contributed by atoms with van der Waals surface area (Å²) in [5, 5.41) is 3.65. The van der Waals surface area contributed by atoms with Gasteiger partial charge in [0.15, 0.2) is 0 Å². The minimum absolute atomic E-state index is 0.00577. The molecule has 2 aliphatic heterocycles. The van der Waals surface area contributed by atoms with Crippen LogP contribution >= 0.6 is 0 Å². The average molecular weight is 420 g/mol. The molecule has 5 rings (SSSR count). The molecule has 6 heteroatoms. The zero-order valence-corrected chi connectivity index (χ0v) is 19.1. The molecule has 0 radical (unpaired) electrons. The fourth-order valence-electron chi connectivity index (χ4n) is 4.61. The molecule has 31 heavy (non-hydrogen) atoms. The number of hydrogen-bond acceptors (Lipinski definition) is 6. The number of nitrogens with zero attached hydrogens (tertiary/aromatic N) is 4. The van der Waals surface area contributed by atoms with Gasteiger partial charge < -0.3 is 19.9 Å². The summed E-state index contributed by atoms with van der Waals surface area (Å²) in [4.78, 5) is 14.1. The van der Waals surface area contributed by atoms with Gasteiger partial charge in [-0.2, -0.15) is 0 Å². The molecule has 164 valence electrons. The third-order valence-electron chi connectivity index (χ3n) is 6.80. The molecule has 1 saturated heterocycles. The van der Waals surface area contributed by atoms with Gasteiger partial charge in [0.2, 0.25) is 0 Å². The summed E-state index contributed by atoms with van der Waals surface area (Å²) in [6.07, 6.45) is 7.30. The Morgan fingerprint density at radius 3 is 2.77 bits per heavy atom. The van der Waals surface area contributed by atoms with Crippen LogP contribution in [0, 0.1) is 0 Å². The van der Waals surface area contributed by atoms with E-state index in [9.17, 15) is 0 Å². The molecule has 1 aromatic carbocycles. The average Bonchev–Trinajstić information content (AvgIpc) is 3.49. The molecular formula is C25H33N5O. The molecule has 3 aliphatic rings. The Bertz CT molecular complexity index is 999. The smallest absolute Gasteiger partial charge is 0.132 e. The second-order valence-electron chi connectivity index (χ2n) is 9.56. The monoisotopic (exact) mass is 419 g/mol. The number of ether oxygens (including phenoxy) is 1. The SMILES string of the molecule is CCC1C=C(c2cc(N3CCN(C)CC3C)ncn2)c2cc(OC3(C)CC3)ccc2N1. The van der Waals surface area contributed by atoms with Gasteiger partial charge in [0, 0.05) is 54.6 Å². The van der Waals surface area contributed by atoms with Crippen LogP contribution < -0.4 is 15.0 Å². The molecule has 0 amide bonds. The van der Waals surface area contributed by atoms with Gasteiger partial charge >= 0.3 is 0 Å². The molecule has 1 aromatic heterocycles. The van der Waals surface area contributed by atoms with E-state index in [-0.39, 0.29) is 11.6 Å². The normalized spacial score (nSPS) is 24.8. The van der Waals surface area contributed by atoms with E-state index in [0.29, 0.717) is 6.04 Å².